The topological polar surface area (TPSA) is 86.8 Å². The van der Waals surface area contributed by atoms with E-state index in [2.05, 4.69) is 0 Å². The molecule has 1 N–H and O–H groups in total. The summed E-state index contributed by atoms with van der Waals surface area (Å²) in [5.41, 5.74) is 0.473. The highest BCUT2D eigenvalue weighted by atomic mass is 16.6. The molecule has 2 aliphatic rings. The fraction of sp³-hybridized carbons (Fsp3) is 0.519. The van der Waals surface area contributed by atoms with E-state index < -0.39 is 5.97 Å². The maximum Gasteiger partial charge on any atom is 0.343 e. The van der Waals surface area contributed by atoms with Crippen LogP contribution in [0.5, 0.6) is 17.2 Å². The van der Waals surface area contributed by atoms with Crippen LogP contribution in [0.25, 0.3) is 0 Å². The summed E-state index contributed by atoms with van der Waals surface area (Å²) in [6, 6.07) is 14.1. The molecular formula is C27H34O7. The van der Waals surface area contributed by atoms with E-state index >= 15 is 0 Å². The lowest BCUT2D eigenvalue weighted by Crippen LogP contribution is -2.19. The van der Waals surface area contributed by atoms with Crippen LogP contribution in [0.3, 0.4) is 0 Å². The van der Waals surface area contributed by atoms with Gasteiger partial charge in [-0.05, 0) is 93.0 Å². The Morgan fingerprint density at radius 3 is 2.26 bits per heavy atom. The number of hydrogen-bond donors (Lipinski definition) is 1. The molecule has 2 aromatic carbocycles. The molecular weight excluding hydrogens is 436 g/mol. The summed E-state index contributed by atoms with van der Waals surface area (Å²) in [4.78, 5) is 12.5. The van der Waals surface area contributed by atoms with Gasteiger partial charge in [0.15, 0.2) is 0 Å². The van der Waals surface area contributed by atoms with Crippen LogP contribution >= 0.6 is 0 Å². The average Bonchev–Trinajstić information content (AvgIpc) is 3.65. The number of benzene rings is 2. The molecule has 1 aliphatic heterocycles. The van der Waals surface area contributed by atoms with Crippen LogP contribution in [0.4, 0.5) is 0 Å². The van der Waals surface area contributed by atoms with E-state index in [0.29, 0.717) is 62.3 Å². The first-order valence-electron chi connectivity index (χ1n) is 12.2. The third kappa shape index (κ3) is 7.72. The quantitative estimate of drug-likeness (QED) is 0.189. The van der Waals surface area contributed by atoms with Gasteiger partial charge in [0.05, 0.1) is 31.0 Å². The highest BCUT2D eigenvalue weighted by Crippen LogP contribution is 2.39. The number of rotatable bonds is 14. The van der Waals surface area contributed by atoms with Crippen LogP contribution in [0.15, 0.2) is 48.5 Å². The van der Waals surface area contributed by atoms with Crippen molar-refractivity contribution in [2.75, 3.05) is 33.0 Å². The van der Waals surface area contributed by atoms with E-state index in [0.717, 1.165) is 43.6 Å². The molecule has 34 heavy (non-hydrogen) atoms. The number of carbonyl (C=O) groups is 1. The minimum Gasteiger partial charge on any atom is -0.494 e. The molecule has 1 aliphatic carbocycles. The van der Waals surface area contributed by atoms with Crippen LogP contribution in [-0.4, -0.2) is 56.3 Å². The summed E-state index contributed by atoms with van der Waals surface area (Å²) < 4.78 is 28.1. The van der Waals surface area contributed by atoms with E-state index in [-0.39, 0.29) is 6.61 Å². The van der Waals surface area contributed by atoms with Gasteiger partial charge in [0.2, 0.25) is 0 Å². The van der Waals surface area contributed by atoms with Crippen molar-refractivity contribution in [3.63, 3.8) is 0 Å². The van der Waals surface area contributed by atoms with Gasteiger partial charge in [-0.15, -0.1) is 0 Å². The van der Waals surface area contributed by atoms with Gasteiger partial charge in [0, 0.05) is 19.8 Å². The van der Waals surface area contributed by atoms with E-state index in [1.54, 1.807) is 36.4 Å². The Morgan fingerprint density at radius 1 is 0.824 bits per heavy atom. The average molecular weight is 471 g/mol. The molecule has 184 valence electrons. The first kappa shape index (κ1) is 24.5. The fourth-order valence-corrected chi connectivity index (χ4v) is 4.07. The second-order valence-corrected chi connectivity index (χ2v) is 8.83. The van der Waals surface area contributed by atoms with Gasteiger partial charge in [-0.25, -0.2) is 4.79 Å². The van der Waals surface area contributed by atoms with Gasteiger partial charge in [-0.3, -0.25) is 0 Å². The molecule has 0 amide bonds. The second-order valence-electron chi connectivity index (χ2n) is 8.83. The highest BCUT2D eigenvalue weighted by molar-refractivity contribution is 5.91. The first-order chi connectivity index (χ1) is 16.7. The molecule has 3 atom stereocenters. The van der Waals surface area contributed by atoms with E-state index in [1.165, 1.54) is 0 Å². The van der Waals surface area contributed by atoms with Crippen molar-refractivity contribution in [1.29, 1.82) is 0 Å². The predicted molar refractivity (Wildman–Crippen MR) is 127 cm³/mol. The predicted octanol–water partition coefficient (Wildman–Crippen LogP) is 4.41. The van der Waals surface area contributed by atoms with Crippen LogP contribution in [0.1, 0.15) is 48.9 Å². The summed E-state index contributed by atoms with van der Waals surface area (Å²) in [6.07, 6.45) is 6.78. The number of esters is 1. The minimum atomic E-state index is -0.411. The monoisotopic (exact) mass is 470 g/mol. The van der Waals surface area contributed by atoms with Gasteiger partial charge < -0.3 is 28.8 Å². The van der Waals surface area contributed by atoms with Crippen LogP contribution in [-0.2, 0) is 9.47 Å². The molecule has 0 spiro atoms. The molecule has 1 saturated carbocycles. The van der Waals surface area contributed by atoms with Gasteiger partial charge >= 0.3 is 5.97 Å². The van der Waals surface area contributed by atoms with Gasteiger partial charge in [0.25, 0.3) is 0 Å². The Kier molecular flexibility index (Phi) is 9.19. The zero-order chi connectivity index (χ0) is 23.6. The SMILES string of the molecule is O=C(Oc1ccc(OCCCCOCCCO)cc1)c1ccc(OCC2CCC3OC3C2)cc1. The van der Waals surface area contributed by atoms with Crippen molar-refractivity contribution < 1.29 is 33.6 Å². The molecule has 0 bridgehead atoms. The number of hydrogen-bond acceptors (Lipinski definition) is 7. The van der Waals surface area contributed by atoms with Crippen LogP contribution in [0.2, 0.25) is 0 Å². The molecule has 3 unspecified atom stereocenters. The molecule has 7 nitrogen and oxygen atoms in total. The number of aliphatic hydroxyl groups excluding tert-OH is 1. The fourth-order valence-electron chi connectivity index (χ4n) is 4.07. The Hall–Kier alpha value is -2.61. The zero-order valence-electron chi connectivity index (χ0n) is 19.5. The Labute approximate surface area is 200 Å². The van der Waals surface area contributed by atoms with E-state index in [4.69, 9.17) is 28.8 Å². The van der Waals surface area contributed by atoms with Crippen molar-refractivity contribution in [2.24, 2.45) is 5.92 Å². The Balaban J connectivity index is 1.13. The number of carbonyl (C=O) groups excluding carboxylic acids is 1. The molecule has 0 aromatic heterocycles. The summed E-state index contributed by atoms with van der Waals surface area (Å²) in [5, 5.41) is 8.70. The molecule has 0 radical (unpaired) electrons. The molecule has 7 heteroatoms. The molecule has 4 rings (SSSR count). The zero-order valence-corrected chi connectivity index (χ0v) is 19.5. The summed E-state index contributed by atoms with van der Waals surface area (Å²) in [7, 11) is 0. The molecule has 1 saturated heterocycles. The van der Waals surface area contributed by atoms with Gasteiger partial charge in [-0.2, -0.15) is 0 Å². The third-order valence-electron chi connectivity index (χ3n) is 6.12. The molecule has 2 fully saturated rings. The number of aliphatic hydroxyl groups is 1. The number of unbranched alkanes of at least 4 members (excludes halogenated alkanes) is 1. The number of fused-ring (bicyclic) bond motifs is 1. The van der Waals surface area contributed by atoms with Crippen molar-refractivity contribution >= 4 is 5.97 Å². The van der Waals surface area contributed by atoms with Crippen LogP contribution < -0.4 is 14.2 Å². The first-order valence-corrected chi connectivity index (χ1v) is 12.2. The lowest BCUT2D eigenvalue weighted by atomic mass is 9.90. The van der Waals surface area contributed by atoms with Gasteiger partial charge in [0.1, 0.15) is 17.2 Å². The number of epoxide rings is 1. The number of ether oxygens (including phenoxy) is 5. The van der Waals surface area contributed by atoms with Crippen molar-refractivity contribution in [1.82, 2.24) is 0 Å². The van der Waals surface area contributed by atoms with Gasteiger partial charge in [-0.1, -0.05) is 0 Å². The summed E-state index contributed by atoms with van der Waals surface area (Å²) in [6.45, 7) is 2.69. The highest BCUT2D eigenvalue weighted by Gasteiger charge is 2.43. The molecule has 2 aromatic rings. The Morgan fingerprint density at radius 2 is 1.50 bits per heavy atom. The molecule has 1 heterocycles. The standard InChI is InChI=1S/C27H34O7/c28-14-3-16-30-15-1-2-17-31-22-9-11-24(12-10-22)33-27(29)21-5-7-23(8-6-21)32-19-20-4-13-25-26(18-20)34-25/h5-12,20,25-26,28H,1-4,13-19H2. The third-order valence-corrected chi connectivity index (χ3v) is 6.12. The smallest absolute Gasteiger partial charge is 0.343 e. The van der Waals surface area contributed by atoms with Crippen molar-refractivity contribution in [3.05, 3.63) is 54.1 Å². The second kappa shape index (κ2) is 12.7. The Bertz CT molecular complexity index is 881. The summed E-state index contributed by atoms with van der Waals surface area (Å²) >= 11 is 0. The minimum absolute atomic E-state index is 0.160. The van der Waals surface area contributed by atoms with E-state index in [1.807, 2.05) is 12.1 Å². The van der Waals surface area contributed by atoms with Crippen molar-refractivity contribution in [2.45, 2.75) is 50.7 Å². The normalized spacial score (nSPS) is 20.9. The maximum atomic E-state index is 12.5. The summed E-state index contributed by atoms with van der Waals surface area (Å²) in [5.74, 6) is 2.08. The van der Waals surface area contributed by atoms with E-state index in [9.17, 15) is 4.79 Å². The maximum absolute atomic E-state index is 12.5. The lowest BCUT2D eigenvalue weighted by Gasteiger charge is -2.19. The lowest BCUT2D eigenvalue weighted by molar-refractivity contribution is 0.0734. The largest absolute Gasteiger partial charge is 0.494 e. The van der Waals surface area contributed by atoms with Crippen LogP contribution in [0, 0.1) is 5.92 Å². The van der Waals surface area contributed by atoms with Crippen molar-refractivity contribution in [3.8, 4) is 17.2 Å².